The van der Waals surface area contributed by atoms with Gasteiger partial charge in [-0.1, -0.05) is 12.8 Å². The molecular weight excluding hydrogens is 230 g/mol. The molecule has 0 atom stereocenters. The summed E-state index contributed by atoms with van der Waals surface area (Å²) in [5, 5.41) is 7.89. The van der Waals surface area contributed by atoms with E-state index >= 15 is 0 Å². The van der Waals surface area contributed by atoms with Gasteiger partial charge < -0.3 is 15.2 Å². The maximum Gasteiger partial charge on any atom is 0.224 e. The first kappa shape index (κ1) is 11.6. The van der Waals surface area contributed by atoms with Crippen LogP contribution in [0.15, 0.2) is 6.33 Å². The van der Waals surface area contributed by atoms with Crippen LogP contribution >= 0.6 is 0 Å². The average molecular weight is 249 g/mol. The van der Waals surface area contributed by atoms with Crippen molar-refractivity contribution in [1.29, 1.82) is 0 Å². The first-order valence-electron chi connectivity index (χ1n) is 6.60. The number of nitrogens with two attached hydrogens (primary N) is 1. The summed E-state index contributed by atoms with van der Waals surface area (Å²) < 4.78 is 2.00. The Morgan fingerprint density at radius 2 is 2.17 bits per heavy atom. The van der Waals surface area contributed by atoms with Gasteiger partial charge in [0.2, 0.25) is 5.91 Å². The molecule has 1 fully saturated rings. The molecule has 98 valence electrons. The summed E-state index contributed by atoms with van der Waals surface area (Å²) in [7, 11) is 0. The number of carbonyl (C=O) groups is 1. The van der Waals surface area contributed by atoms with Gasteiger partial charge in [0.05, 0.1) is 6.54 Å². The number of hydrogen-bond donors (Lipinski definition) is 1. The molecule has 2 N–H and O–H groups in total. The molecule has 2 aliphatic rings. The van der Waals surface area contributed by atoms with Gasteiger partial charge in [-0.3, -0.25) is 4.79 Å². The SMILES string of the molecule is NC1(CC(=O)N2CCn3cnnc3C2)CCCC1. The molecule has 1 amide bonds. The second kappa shape index (κ2) is 4.35. The van der Waals surface area contributed by atoms with Crippen LogP contribution in [0.2, 0.25) is 0 Å². The lowest BCUT2D eigenvalue weighted by Crippen LogP contribution is -2.45. The average Bonchev–Trinajstić information content (AvgIpc) is 2.96. The Labute approximate surface area is 106 Å². The van der Waals surface area contributed by atoms with E-state index in [1.54, 1.807) is 6.33 Å². The third-order valence-corrected chi connectivity index (χ3v) is 4.09. The van der Waals surface area contributed by atoms with Crippen LogP contribution in [0.25, 0.3) is 0 Å². The molecule has 0 spiro atoms. The van der Waals surface area contributed by atoms with E-state index in [1.165, 1.54) is 0 Å². The molecule has 6 heteroatoms. The number of fused-ring (bicyclic) bond motifs is 1. The number of nitrogens with zero attached hydrogens (tertiary/aromatic N) is 4. The van der Waals surface area contributed by atoms with Gasteiger partial charge in [-0.15, -0.1) is 10.2 Å². The highest BCUT2D eigenvalue weighted by atomic mass is 16.2. The molecule has 0 unspecified atom stereocenters. The van der Waals surface area contributed by atoms with E-state index in [2.05, 4.69) is 10.2 Å². The largest absolute Gasteiger partial charge is 0.333 e. The van der Waals surface area contributed by atoms with Crippen LogP contribution in [-0.4, -0.2) is 37.7 Å². The molecule has 0 aromatic carbocycles. The van der Waals surface area contributed by atoms with Crippen LogP contribution in [0.1, 0.15) is 37.9 Å². The first-order chi connectivity index (χ1) is 8.66. The van der Waals surface area contributed by atoms with Gasteiger partial charge in [0.1, 0.15) is 6.33 Å². The molecule has 1 aromatic rings. The van der Waals surface area contributed by atoms with E-state index in [1.807, 2.05) is 9.47 Å². The summed E-state index contributed by atoms with van der Waals surface area (Å²) in [5.41, 5.74) is 6.00. The van der Waals surface area contributed by atoms with Crippen molar-refractivity contribution < 1.29 is 4.79 Å². The predicted molar refractivity (Wildman–Crippen MR) is 65.4 cm³/mol. The maximum absolute atomic E-state index is 12.3. The van der Waals surface area contributed by atoms with Crippen molar-refractivity contribution in [2.75, 3.05) is 6.54 Å². The Morgan fingerprint density at radius 3 is 2.94 bits per heavy atom. The normalized spacial score (nSPS) is 21.9. The molecule has 0 saturated heterocycles. The quantitative estimate of drug-likeness (QED) is 0.817. The van der Waals surface area contributed by atoms with Crippen LogP contribution in [0, 0.1) is 0 Å². The minimum atomic E-state index is -0.262. The zero-order chi connectivity index (χ0) is 12.6. The highest BCUT2D eigenvalue weighted by Gasteiger charge is 2.34. The van der Waals surface area contributed by atoms with Crippen molar-refractivity contribution in [3.63, 3.8) is 0 Å². The van der Waals surface area contributed by atoms with Crippen molar-refractivity contribution in [2.45, 2.75) is 50.7 Å². The lowest BCUT2D eigenvalue weighted by Gasteiger charge is -2.31. The first-order valence-corrected chi connectivity index (χ1v) is 6.60. The zero-order valence-electron chi connectivity index (χ0n) is 10.5. The van der Waals surface area contributed by atoms with E-state index in [-0.39, 0.29) is 11.4 Å². The molecule has 0 bridgehead atoms. The van der Waals surface area contributed by atoms with E-state index in [4.69, 9.17) is 5.73 Å². The highest BCUT2D eigenvalue weighted by Crippen LogP contribution is 2.30. The van der Waals surface area contributed by atoms with Crippen molar-refractivity contribution in [1.82, 2.24) is 19.7 Å². The Bertz CT molecular complexity index is 449. The molecule has 1 aromatic heterocycles. The monoisotopic (exact) mass is 249 g/mol. The third kappa shape index (κ3) is 2.12. The molecule has 1 aliphatic heterocycles. The number of hydrogen-bond acceptors (Lipinski definition) is 4. The fourth-order valence-electron chi connectivity index (χ4n) is 2.95. The van der Waals surface area contributed by atoms with Crippen molar-refractivity contribution in [3.05, 3.63) is 12.2 Å². The number of amides is 1. The molecule has 0 radical (unpaired) electrons. The fraction of sp³-hybridized carbons (Fsp3) is 0.750. The predicted octanol–water partition coefficient (Wildman–Crippen LogP) is 0.282. The summed E-state index contributed by atoms with van der Waals surface area (Å²) in [6, 6.07) is 0. The van der Waals surface area contributed by atoms with E-state index in [0.29, 0.717) is 13.0 Å². The number of carbonyl (C=O) groups excluding carboxylic acids is 1. The Hall–Kier alpha value is -1.43. The summed E-state index contributed by atoms with van der Waals surface area (Å²) in [4.78, 5) is 14.1. The van der Waals surface area contributed by atoms with Gasteiger partial charge in [0.15, 0.2) is 5.82 Å². The summed E-state index contributed by atoms with van der Waals surface area (Å²) in [6.07, 6.45) is 6.45. The van der Waals surface area contributed by atoms with Gasteiger partial charge in [0.25, 0.3) is 0 Å². The van der Waals surface area contributed by atoms with E-state index in [9.17, 15) is 4.79 Å². The molecule has 18 heavy (non-hydrogen) atoms. The molecule has 6 nitrogen and oxygen atoms in total. The van der Waals surface area contributed by atoms with Crippen LogP contribution in [0.4, 0.5) is 0 Å². The van der Waals surface area contributed by atoms with Crippen molar-refractivity contribution >= 4 is 5.91 Å². The molecule has 2 heterocycles. The lowest BCUT2D eigenvalue weighted by molar-refractivity contribution is -0.134. The van der Waals surface area contributed by atoms with Crippen LogP contribution in [0.3, 0.4) is 0 Å². The minimum Gasteiger partial charge on any atom is -0.333 e. The van der Waals surface area contributed by atoms with Crippen LogP contribution in [0.5, 0.6) is 0 Å². The summed E-state index contributed by atoms with van der Waals surface area (Å²) in [6.45, 7) is 2.08. The van der Waals surface area contributed by atoms with Gasteiger partial charge in [-0.05, 0) is 12.8 Å². The fourth-order valence-corrected chi connectivity index (χ4v) is 2.95. The topological polar surface area (TPSA) is 77.0 Å². The smallest absolute Gasteiger partial charge is 0.224 e. The number of rotatable bonds is 2. The maximum atomic E-state index is 12.3. The third-order valence-electron chi connectivity index (χ3n) is 4.09. The second-order valence-electron chi connectivity index (χ2n) is 5.50. The molecular formula is C12H19N5O. The van der Waals surface area contributed by atoms with Crippen LogP contribution < -0.4 is 5.73 Å². The van der Waals surface area contributed by atoms with Gasteiger partial charge in [0, 0.05) is 25.0 Å². The molecule has 1 aliphatic carbocycles. The number of aromatic nitrogens is 3. The summed E-state index contributed by atoms with van der Waals surface area (Å²) in [5.74, 6) is 1.03. The molecule has 3 rings (SSSR count). The summed E-state index contributed by atoms with van der Waals surface area (Å²) >= 11 is 0. The highest BCUT2D eigenvalue weighted by molar-refractivity contribution is 5.77. The van der Waals surface area contributed by atoms with Crippen LogP contribution in [-0.2, 0) is 17.9 Å². The van der Waals surface area contributed by atoms with Gasteiger partial charge in [-0.2, -0.15) is 0 Å². The standard InChI is InChI=1S/C12H19N5O/c13-12(3-1-2-4-12)7-11(18)16-5-6-17-9-14-15-10(17)8-16/h9H,1-8,13H2. The van der Waals surface area contributed by atoms with E-state index < -0.39 is 0 Å². The Morgan fingerprint density at radius 1 is 1.39 bits per heavy atom. The minimum absolute atomic E-state index is 0.161. The van der Waals surface area contributed by atoms with Crippen molar-refractivity contribution in [2.24, 2.45) is 5.73 Å². The molecule has 1 saturated carbocycles. The Balaban J connectivity index is 1.64. The van der Waals surface area contributed by atoms with E-state index in [0.717, 1.165) is 44.6 Å². The zero-order valence-corrected chi connectivity index (χ0v) is 10.5. The second-order valence-corrected chi connectivity index (χ2v) is 5.50. The van der Waals surface area contributed by atoms with Crippen molar-refractivity contribution in [3.8, 4) is 0 Å². The van der Waals surface area contributed by atoms with Gasteiger partial charge in [-0.25, -0.2) is 0 Å². The van der Waals surface area contributed by atoms with Gasteiger partial charge >= 0.3 is 0 Å². The lowest BCUT2D eigenvalue weighted by atomic mass is 9.94. The Kier molecular flexibility index (Phi) is 2.81.